The van der Waals surface area contributed by atoms with E-state index in [1.807, 2.05) is 6.07 Å². The van der Waals surface area contributed by atoms with Gasteiger partial charge in [-0.2, -0.15) is 5.26 Å². The molecule has 2 rings (SSSR count). The Labute approximate surface area is 141 Å². The van der Waals surface area contributed by atoms with E-state index >= 15 is 0 Å². The van der Waals surface area contributed by atoms with Crippen LogP contribution in [0.2, 0.25) is 0 Å². The molecule has 0 atom stereocenters. The van der Waals surface area contributed by atoms with Crippen LogP contribution in [0.3, 0.4) is 0 Å². The van der Waals surface area contributed by atoms with E-state index in [0.717, 1.165) is 10.6 Å². The molecule has 0 aliphatic heterocycles. The number of carbonyl (C=O) groups is 1. The third-order valence-corrected chi connectivity index (χ3v) is 4.62. The lowest BCUT2D eigenvalue weighted by molar-refractivity contribution is 0.0921. The van der Waals surface area contributed by atoms with Crippen LogP contribution < -0.4 is 9.04 Å². The molecule has 7 heteroatoms. The Bertz CT molecular complexity index is 884. The van der Waals surface area contributed by atoms with Gasteiger partial charge in [-0.1, -0.05) is 12.1 Å². The predicted molar refractivity (Wildman–Crippen MR) is 90.7 cm³/mol. The molecule has 0 aliphatic carbocycles. The van der Waals surface area contributed by atoms with E-state index in [2.05, 4.69) is 0 Å². The second-order valence-corrected chi connectivity index (χ2v) is 7.11. The Morgan fingerprint density at radius 1 is 1.17 bits per heavy atom. The Morgan fingerprint density at radius 3 is 2.38 bits per heavy atom. The van der Waals surface area contributed by atoms with Gasteiger partial charge in [0, 0.05) is 12.6 Å². The van der Waals surface area contributed by atoms with E-state index in [4.69, 9.17) is 10.00 Å². The summed E-state index contributed by atoms with van der Waals surface area (Å²) >= 11 is 0. The van der Waals surface area contributed by atoms with Gasteiger partial charge in [0.2, 0.25) is 10.0 Å². The molecule has 0 amide bonds. The van der Waals surface area contributed by atoms with Crippen LogP contribution in [0, 0.1) is 11.3 Å². The molecule has 24 heavy (non-hydrogen) atoms. The SMILES string of the molecule is CN(c1ccc(C(=O)COc2ccccc2C#N)cc1)S(C)(=O)=O. The van der Waals surface area contributed by atoms with E-state index in [9.17, 15) is 13.2 Å². The molecule has 0 spiro atoms. The predicted octanol–water partition coefficient (Wildman–Crippen LogP) is 2.22. The highest BCUT2D eigenvalue weighted by Crippen LogP contribution is 2.19. The number of nitrogens with zero attached hydrogens (tertiary/aromatic N) is 2. The number of nitriles is 1. The summed E-state index contributed by atoms with van der Waals surface area (Å²) in [6.45, 7) is -0.208. The number of benzene rings is 2. The third kappa shape index (κ3) is 4.12. The van der Waals surface area contributed by atoms with Gasteiger partial charge in [-0.15, -0.1) is 0 Å². The van der Waals surface area contributed by atoms with Gasteiger partial charge in [-0.3, -0.25) is 9.10 Å². The van der Waals surface area contributed by atoms with Crippen LogP contribution in [0.5, 0.6) is 5.75 Å². The summed E-state index contributed by atoms with van der Waals surface area (Å²) in [5.41, 5.74) is 1.22. The van der Waals surface area contributed by atoms with Crippen LogP contribution in [0.15, 0.2) is 48.5 Å². The van der Waals surface area contributed by atoms with Gasteiger partial charge in [0.05, 0.1) is 17.5 Å². The number of ether oxygens (including phenoxy) is 1. The summed E-state index contributed by atoms with van der Waals surface area (Å²) in [5, 5.41) is 8.98. The summed E-state index contributed by atoms with van der Waals surface area (Å²) in [7, 11) is -1.91. The summed E-state index contributed by atoms with van der Waals surface area (Å²) in [4.78, 5) is 12.2. The zero-order chi connectivity index (χ0) is 17.7. The van der Waals surface area contributed by atoms with Crippen molar-refractivity contribution in [1.29, 1.82) is 5.26 Å². The molecule has 0 aromatic heterocycles. The van der Waals surface area contributed by atoms with Crippen molar-refractivity contribution < 1.29 is 17.9 Å². The zero-order valence-corrected chi connectivity index (χ0v) is 14.1. The molecule has 0 unspecified atom stereocenters. The maximum absolute atomic E-state index is 12.2. The van der Waals surface area contributed by atoms with Gasteiger partial charge in [0.15, 0.2) is 12.4 Å². The molecule has 124 valence electrons. The Balaban J connectivity index is 2.07. The lowest BCUT2D eigenvalue weighted by Gasteiger charge is -2.16. The second kappa shape index (κ2) is 7.15. The monoisotopic (exact) mass is 344 g/mol. The fraction of sp³-hybridized carbons (Fsp3) is 0.176. The summed E-state index contributed by atoms with van der Waals surface area (Å²) in [5.74, 6) is 0.0816. The highest BCUT2D eigenvalue weighted by atomic mass is 32.2. The summed E-state index contributed by atoms with van der Waals surface area (Å²) < 4.78 is 29.5. The molecular formula is C17H16N2O4S. The van der Waals surface area contributed by atoms with Crippen molar-refractivity contribution in [3.8, 4) is 11.8 Å². The van der Waals surface area contributed by atoms with E-state index in [-0.39, 0.29) is 12.4 Å². The Kier molecular flexibility index (Phi) is 5.21. The molecule has 2 aromatic carbocycles. The van der Waals surface area contributed by atoms with Crippen LogP contribution in [0.25, 0.3) is 0 Å². The topological polar surface area (TPSA) is 87.5 Å². The molecule has 0 saturated heterocycles. The van der Waals surface area contributed by atoms with Crippen molar-refractivity contribution in [2.75, 3.05) is 24.2 Å². The highest BCUT2D eigenvalue weighted by molar-refractivity contribution is 7.92. The van der Waals surface area contributed by atoms with Crippen molar-refractivity contribution in [3.05, 3.63) is 59.7 Å². The maximum atomic E-state index is 12.2. The normalized spacial score (nSPS) is 10.7. The number of hydrogen-bond acceptors (Lipinski definition) is 5. The molecule has 0 fully saturated rings. The van der Waals surface area contributed by atoms with E-state index in [1.54, 1.807) is 48.5 Å². The van der Waals surface area contributed by atoms with Gasteiger partial charge in [-0.05, 0) is 36.4 Å². The van der Waals surface area contributed by atoms with Crippen molar-refractivity contribution in [2.24, 2.45) is 0 Å². The molecule has 0 saturated carbocycles. The Morgan fingerprint density at radius 2 is 1.79 bits per heavy atom. The molecule has 0 radical (unpaired) electrons. The number of sulfonamides is 1. The molecule has 0 bridgehead atoms. The number of para-hydroxylation sites is 1. The molecule has 2 aromatic rings. The number of hydrogen-bond donors (Lipinski definition) is 0. The number of Topliss-reactive ketones (excluding diaryl/α,β-unsaturated/α-hetero) is 1. The van der Waals surface area contributed by atoms with Crippen molar-refractivity contribution in [2.45, 2.75) is 0 Å². The lowest BCUT2D eigenvalue weighted by atomic mass is 10.1. The minimum atomic E-state index is -3.35. The fourth-order valence-corrected chi connectivity index (χ4v) is 2.46. The molecular weight excluding hydrogens is 328 g/mol. The summed E-state index contributed by atoms with van der Waals surface area (Å²) in [6.07, 6.45) is 1.10. The van der Waals surface area contributed by atoms with Crippen LogP contribution in [-0.4, -0.2) is 34.1 Å². The summed E-state index contributed by atoms with van der Waals surface area (Å²) in [6, 6.07) is 14.8. The van der Waals surface area contributed by atoms with Crippen LogP contribution in [-0.2, 0) is 10.0 Å². The third-order valence-electron chi connectivity index (χ3n) is 3.42. The van der Waals surface area contributed by atoms with Gasteiger partial charge in [0.1, 0.15) is 11.8 Å². The first kappa shape index (κ1) is 17.5. The Hall–Kier alpha value is -2.85. The first-order valence-corrected chi connectivity index (χ1v) is 8.87. The van der Waals surface area contributed by atoms with Crippen molar-refractivity contribution >= 4 is 21.5 Å². The first-order chi connectivity index (χ1) is 11.3. The van der Waals surface area contributed by atoms with Crippen LogP contribution in [0.1, 0.15) is 15.9 Å². The van der Waals surface area contributed by atoms with Gasteiger partial charge >= 0.3 is 0 Å². The maximum Gasteiger partial charge on any atom is 0.231 e. The fourth-order valence-electron chi connectivity index (χ4n) is 1.96. The van der Waals surface area contributed by atoms with Crippen molar-refractivity contribution in [3.63, 3.8) is 0 Å². The number of ketones is 1. The lowest BCUT2D eigenvalue weighted by Crippen LogP contribution is -2.24. The van der Waals surface area contributed by atoms with Crippen LogP contribution in [0.4, 0.5) is 5.69 Å². The number of carbonyl (C=O) groups excluding carboxylic acids is 1. The number of anilines is 1. The van der Waals surface area contributed by atoms with Gasteiger partial charge < -0.3 is 4.74 Å². The minimum Gasteiger partial charge on any atom is -0.484 e. The molecule has 0 heterocycles. The standard InChI is InChI=1S/C17H16N2O4S/c1-19(24(2,21)22)15-9-7-13(8-10-15)16(20)12-23-17-6-4-3-5-14(17)11-18/h3-10H,12H2,1-2H3. The van der Waals surface area contributed by atoms with E-state index in [0.29, 0.717) is 22.6 Å². The van der Waals surface area contributed by atoms with Gasteiger partial charge in [-0.25, -0.2) is 8.42 Å². The molecule has 0 aliphatic rings. The van der Waals surface area contributed by atoms with E-state index in [1.165, 1.54) is 7.05 Å². The number of rotatable bonds is 6. The smallest absolute Gasteiger partial charge is 0.231 e. The zero-order valence-electron chi connectivity index (χ0n) is 13.3. The average molecular weight is 344 g/mol. The minimum absolute atomic E-state index is 0.208. The largest absolute Gasteiger partial charge is 0.484 e. The van der Waals surface area contributed by atoms with Crippen molar-refractivity contribution in [1.82, 2.24) is 0 Å². The van der Waals surface area contributed by atoms with Crippen LogP contribution >= 0.6 is 0 Å². The second-order valence-electron chi connectivity index (χ2n) is 5.10. The average Bonchev–Trinajstić information content (AvgIpc) is 2.58. The first-order valence-electron chi connectivity index (χ1n) is 7.02. The van der Waals surface area contributed by atoms with E-state index < -0.39 is 10.0 Å². The quantitative estimate of drug-likeness (QED) is 0.750. The molecule has 0 N–H and O–H groups in total. The molecule has 6 nitrogen and oxygen atoms in total. The van der Waals surface area contributed by atoms with Gasteiger partial charge in [0.25, 0.3) is 0 Å². The highest BCUT2D eigenvalue weighted by Gasteiger charge is 2.13.